The lowest BCUT2D eigenvalue weighted by Crippen LogP contribution is -2.22. The van der Waals surface area contributed by atoms with Crippen molar-refractivity contribution in [2.45, 2.75) is 19.4 Å². The Morgan fingerprint density at radius 2 is 2.11 bits per heavy atom. The van der Waals surface area contributed by atoms with Crippen LogP contribution in [0, 0.1) is 5.82 Å². The van der Waals surface area contributed by atoms with Gasteiger partial charge in [-0.2, -0.15) is 0 Å². The molecule has 0 bridgehead atoms. The van der Waals surface area contributed by atoms with Crippen LogP contribution in [0.1, 0.15) is 24.9 Å². The number of halogens is 1. The summed E-state index contributed by atoms with van der Waals surface area (Å²) in [6, 6.07) is 4.70. The minimum Gasteiger partial charge on any atom is -0.494 e. The molecule has 0 radical (unpaired) electrons. The zero-order valence-electron chi connectivity index (χ0n) is 11.4. The third-order valence-electron chi connectivity index (χ3n) is 2.82. The first-order valence-corrected chi connectivity index (χ1v) is 8.14. The van der Waals surface area contributed by atoms with Crippen molar-refractivity contribution < 1.29 is 17.5 Å². The minimum atomic E-state index is -2.91. The molecule has 1 aromatic carbocycles. The van der Waals surface area contributed by atoms with Crippen molar-refractivity contribution in [3.63, 3.8) is 0 Å². The van der Waals surface area contributed by atoms with Gasteiger partial charge in [0.25, 0.3) is 0 Å². The lowest BCUT2D eigenvalue weighted by molar-refractivity contribution is 0.385. The fourth-order valence-electron chi connectivity index (χ4n) is 1.72. The van der Waals surface area contributed by atoms with Crippen LogP contribution in [0.3, 0.4) is 0 Å². The summed E-state index contributed by atoms with van der Waals surface area (Å²) >= 11 is 0. The highest BCUT2D eigenvalue weighted by molar-refractivity contribution is 7.90. The molecule has 0 heterocycles. The molecule has 0 amide bonds. The average Bonchev–Trinajstić information content (AvgIpc) is 2.33. The van der Waals surface area contributed by atoms with Crippen LogP contribution in [0.5, 0.6) is 5.75 Å². The van der Waals surface area contributed by atoms with Crippen LogP contribution in [0.25, 0.3) is 0 Å². The molecule has 0 spiro atoms. The van der Waals surface area contributed by atoms with Crippen LogP contribution in [0.2, 0.25) is 0 Å². The molecule has 0 aliphatic heterocycles. The average molecular weight is 289 g/mol. The summed E-state index contributed by atoms with van der Waals surface area (Å²) in [6.45, 7) is 2.53. The number of rotatable bonds is 7. The van der Waals surface area contributed by atoms with E-state index in [-0.39, 0.29) is 17.5 Å². The standard InChI is InChI=1S/C13H20FNO3S/c1-10(15-7-4-8-19(3,16)17)11-5-6-12(14)13(9-11)18-2/h5-6,9-10,15H,4,7-8H2,1-3H3. The molecule has 1 unspecified atom stereocenters. The van der Waals surface area contributed by atoms with Crippen LogP contribution in [-0.2, 0) is 9.84 Å². The highest BCUT2D eigenvalue weighted by atomic mass is 32.2. The zero-order chi connectivity index (χ0) is 14.5. The predicted octanol–water partition coefficient (Wildman–Crippen LogP) is 1.92. The number of methoxy groups -OCH3 is 1. The van der Waals surface area contributed by atoms with Crippen LogP contribution in [0.15, 0.2) is 18.2 Å². The third kappa shape index (κ3) is 5.57. The number of nitrogens with one attached hydrogen (secondary N) is 1. The van der Waals surface area contributed by atoms with E-state index in [0.717, 1.165) is 5.56 Å². The van der Waals surface area contributed by atoms with Crippen molar-refractivity contribution in [1.82, 2.24) is 5.32 Å². The Bertz CT molecular complexity index is 517. The van der Waals surface area contributed by atoms with Crippen LogP contribution >= 0.6 is 0 Å². The smallest absolute Gasteiger partial charge is 0.165 e. The number of hydrogen-bond donors (Lipinski definition) is 1. The molecule has 0 aliphatic carbocycles. The lowest BCUT2D eigenvalue weighted by Gasteiger charge is -2.15. The molecule has 19 heavy (non-hydrogen) atoms. The molecule has 1 rings (SSSR count). The first-order chi connectivity index (χ1) is 8.83. The monoisotopic (exact) mass is 289 g/mol. The summed E-state index contributed by atoms with van der Waals surface area (Å²) in [5, 5.41) is 3.20. The zero-order valence-corrected chi connectivity index (χ0v) is 12.3. The summed E-state index contributed by atoms with van der Waals surface area (Å²) in [6.07, 6.45) is 1.78. The Kier molecular flexibility index (Phi) is 5.75. The quantitative estimate of drug-likeness (QED) is 0.779. The van der Waals surface area contributed by atoms with Crippen molar-refractivity contribution in [3.05, 3.63) is 29.6 Å². The van der Waals surface area contributed by atoms with Gasteiger partial charge in [-0.05, 0) is 37.6 Å². The Morgan fingerprint density at radius 1 is 1.42 bits per heavy atom. The van der Waals surface area contributed by atoms with Crippen LogP contribution in [-0.4, -0.2) is 34.1 Å². The van der Waals surface area contributed by atoms with Crippen LogP contribution < -0.4 is 10.1 Å². The number of hydrogen-bond acceptors (Lipinski definition) is 4. The molecule has 0 fully saturated rings. The van der Waals surface area contributed by atoms with E-state index < -0.39 is 15.7 Å². The van der Waals surface area contributed by atoms with Gasteiger partial charge in [0.1, 0.15) is 9.84 Å². The second kappa shape index (κ2) is 6.86. The third-order valence-corrected chi connectivity index (χ3v) is 3.85. The summed E-state index contributed by atoms with van der Waals surface area (Å²) in [5.74, 6) is -0.0165. The molecule has 108 valence electrons. The van der Waals surface area contributed by atoms with Crippen LogP contribution in [0.4, 0.5) is 4.39 Å². The predicted molar refractivity (Wildman–Crippen MR) is 73.7 cm³/mol. The van der Waals surface area contributed by atoms with E-state index in [9.17, 15) is 12.8 Å². The lowest BCUT2D eigenvalue weighted by atomic mass is 10.1. The minimum absolute atomic E-state index is 0.00839. The number of ether oxygens (including phenoxy) is 1. The van der Waals surface area contributed by atoms with Gasteiger partial charge in [-0.3, -0.25) is 0 Å². The molecule has 1 aromatic rings. The largest absolute Gasteiger partial charge is 0.494 e. The molecule has 0 saturated heterocycles. The highest BCUT2D eigenvalue weighted by Crippen LogP contribution is 2.22. The van der Waals surface area contributed by atoms with Gasteiger partial charge in [0.05, 0.1) is 12.9 Å². The van der Waals surface area contributed by atoms with E-state index in [0.29, 0.717) is 13.0 Å². The highest BCUT2D eigenvalue weighted by Gasteiger charge is 2.09. The Labute approximate surface area is 113 Å². The van der Waals surface area contributed by atoms with Gasteiger partial charge in [0, 0.05) is 12.3 Å². The summed E-state index contributed by atoms with van der Waals surface area (Å²) in [7, 11) is -1.49. The molecular formula is C13H20FNO3S. The summed E-state index contributed by atoms with van der Waals surface area (Å²) in [4.78, 5) is 0. The maximum absolute atomic E-state index is 13.3. The molecule has 1 N–H and O–H groups in total. The first kappa shape index (κ1) is 15.9. The maximum atomic E-state index is 13.3. The van der Waals surface area contributed by atoms with Gasteiger partial charge in [-0.25, -0.2) is 12.8 Å². The number of benzene rings is 1. The first-order valence-electron chi connectivity index (χ1n) is 6.08. The SMILES string of the molecule is COc1cc(C(C)NCCCS(C)(=O)=O)ccc1F. The molecule has 4 nitrogen and oxygen atoms in total. The fourth-order valence-corrected chi connectivity index (χ4v) is 2.39. The Hall–Kier alpha value is -1.14. The topological polar surface area (TPSA) is 55.4 Å². The van der Waals surface area contributed by atoms with Crippen molar-refractivity contribution in [1.29, 1.82) is 0 Å². The van der Waals surface area contributed by atoms with Crippen molar-refractivity contribution in [3.8, 4) is 5.75 Å². The second-order valence-electron chi connectivity index (χ2n) is 4.55. The van der Waals surface area contributed by atoms with Gasteiger partial charge in [0.2, 0.25) is 0 Å². The van der Waals surface area contributed by atoms with E-state index in [1.807, 2.05) is 6.92 Å². The molecular weight excluding hydrogens is 269 g/mol. The normalized spacial score (nSPS) is 13.3. The maximum Gasteiger partial charge on any atom is 0.165 e. The fraction of sp³-hybridized carbons (Fsp3) is 0.538. The molecule has 6 heteroatoms. The molecule has 1 atom stereocenters. The molecule has 0 aliphatic rings. The Balaban J connectivity index is 2.52. The van der Waals surface area contributed by atoms with E-state index in [4.69, 9.17) is 4.74 Å². The van der Waals surface area contributed by atoms with Gasteiger partial charge in [-0.1, -0.05) is 6.07 Å². The summed E-state index contributed by atoms with van der Waals surface area (Å²) < 4.78 is 40.1. The van der Waals surface area contributed by atoms with Gasteiger partial charge >= 0.3 is 0 Å². The second-order valence-corrected chi connectivity index (χ2v) is 6.81. The summed E-state index contributed by atoms with van der Waals surface area (Å²) in [5.41, 5.74) is 0.901. The van der Waals surface area contributed by atoms with E-state index in [2.05, 4.69) is 5.32 Å². The molecule has 0 aromatic heterocycles. The number of sulfone groups is 1. The van der Waals surface area contributed by atoms with E-state index >= 15 is 0 Å². The van der Waals surface area contributed by atoms with Gasteiger partial charge in [-0.15, -0.1) is 0 Å². The van der Waals surface area contributed by atoms with Crippen molar-refractivity contribution >= 4 is 9.84 Å². The van der Waals surface area contributed by atoms with Gasteiger partial charge in [0.15, 0.2) is 11.6 Å². The van der Waals surface area contributed by atoms with Gasteiger partial charge < -0.3 is 10.1 Å². The Morgan fingerprint density at radius 3 is 2.68 bits per heavy atom. The molecule has 0 saturated carbocycles. The van der Waals surface area contributed by atoms with E-state index in [1.54, 1.807) is 12.1 Å². The van der Waals surface area contributed by atoms with Crippen molar-refractivity contribution in [2.75, 3.05) is 25.7 Å². The van der Waals surface area contributed by atoms with E-state index in [1.165, 1.54) is 19.4 Å². The van der Waals surface area contributed by atoms with Crippen molar-refractivity contribution in [2.24, 2.45) is 0 Å².